The number of rotatable bonds is 7. The van der Waals surface area contributed by atoms with Gasteiger partial charge in [0.15, 0.2) is 11.8 Å². The average Bonchev–Trinajstić information content (AvgIpc) is 3.17. The van der Waals surface area contributed by atoms with E-state index in [0.29, 0.717) is 13.0 Å². The molecule has 1 aromatic carbocycles. The molecule has 1 aromatic rings. The van der Waals surface area contributed by atoms with Crippen molar-refractivity contribution in [1.29, 1.82) is 0 Å². The van der Waals surface area contributed by atoms with Crippen LogP contribution in [0.1, 0.15) is 25.7 Å². The number of hydrogen-bond donors (Lipinski definition) is 2. The molecule has 2 aliphatic rings. The number of para-hydroxylation sites is 1. The first-order chi connectivity index (χ1) is 14.7. The van der Waals surface area contributed by atoms with Gasteiger partial charge in [0.25, 0.3) is 5.91 Å². The number of carbonyl (C=O) groups excluding carboxylic acids is 3. The molecule has 0 aliphatic carbocycles. The van der Waals surface area contributed by atoms with Gasteiger partial charge in [-0.2, -0.15) is 4.72 Å². The van der Waals surface area contributed by atoms with Crippen LogP contribution in [-0.2, 0) is 24.4 Å². The summed E-state index contributed by atoms with van der Waals surface area (Å²) in [7, 11) is -3.21. The fraction of sp³-hybridized carbons (Fsp3) is 0.526. The second kappa shape index (κ2) is 9.18. The van der Waals surface area contributed by atoms with Gasteiger partial charge in [0.05, 0.1) is 19.3 Å². The van der Waals surface area contributed by atoms with Crippen LogP contribution in [0.15, 0.2) is 23.1 Å². The molecule has 0 spiro atoms. The molecule has 3 amide bonds. The molecule has 2 saturated heterocycles. The maximum atomic E-state index is 13.5. The number of primary amides is 1. The molecule has 0 radical (unpaired) electrons. The van der Waals surface area contributed by atoms with Crippen molar-refractivity contribution in [1.82, 2.24) is 9.62 Å². The fourth-order valence-electron chi connectivity index (χ4n) is 3.74. The standard InChI is InChI=1S/C19H25FN4O6S/c1-30-17-13(24-9-3-2-7-15(24)25)5-4-6-14(17)31(28,29)22-16(18(21)26)19(27)23-10-8-12(20)11-23/h4-6,12,16,22H,2-3,7-11H2,1H3,(H2,21,26)/t12-,16-/m0/s1. The van der Waals surface area contributed by atoms with E-state index in [9.17, 15) is 27.2 Å². The Morgan fingerprint density at radius 1 is 1.29 bits per heavy atom. The summed E-state index contributed by atoms with van der Waals surface area (Å²) in [6.07, 6.45) is 0.697. The van der Waals surface area contributed by atoms with Crippen molar-refractivity contribution in [3.63, 3.8) is 0 Å². The highest BCUT2D eigenvalue weighted by atomic mass is 32.2. The molecule has 2 heterocycles. The predicted octanol–water partition coefficient (Wildman–Crippen LogP) is -0.0853. The number of carbonyl (C=O) groups is 3. The number of anilines is 1. The van der Waals surface area contributed by atoms with Gasteiger partial charge in [0.2, 0.25) is 21.8 Å². The van der Waals surface area contributed by atoms with Gasteiger partial charge in [-0.15, -0.1) is 0 Å². The highest BCUT2D eigenvalue weighted by Gasteiger charge is 2.38. The summed E-state index contributed by atoms with van der Waals surface area (Å²) in [5.41, 5.74) is 5.54. The highest BCUT2D eigenvalue weighted by Crippen LogP contribution is 2.36. The largest absolute Gasteiger partial charge is 0.493 e. The lowest BCUT2D eigenvalue weighted by Crippen LogP contribution is -2.54. The summed E-state index contributed by atoms with van der Waals surface area (Å²) in [6, 6.07) is 2.32. The van der Waals surface area contributed by atoms with Gasteiger partial charge in [-0.25, -0.2) is 12.8 Å². The maximum Gasteiger partial charge on any atom is 0.250 e. The normalized spacial score (nSPS) is 20.6. The summed E-state index contributed by atoms with van der Waals surface area (Å²) in [5.74, 6) is -2.38. The summed E-state index contributed by atoms with van der Waals surface area (Å²) < 4.78 is 46.9. The van der Waals surface area contributed by atoms with Crippen LogP contribution in [0.25, 0.3) is 0 Å². The predicted molar refractivity (Wildman–Crippen MR) is 109 cm³/mol. The molecule has 2 fully saturated rings. The number of ether oxygens (including phenoxy) is 1. The third kappa shape index (κ3) is 4.79. The summed E-state index contributed by atoms with van der Waals surface area (Å²) in [5, 5.41) is 0. The topological polar surface area (TPSA) is 139 Å². The number of nitrogens with one attached hydrogen (secondary N) is 1. The van der Waals surface area contributed by atoms with Crippen molar-refractivity contribution < 1.29 is 31.9 Å². The number of piperidine rings is 1. The van der Waals surface area contributed by atoms with E-state index in [1.54, 1.807) is 6.07 Å². The highest BCUT2D eigenvalue weighted by molar-refractivity contribution is 7.89. The average molecular weight is 456 g/mol. The SMILES string of the molecule is COc1c(N2CCCCC2=O)cccc1S(=O)(=O)N[C@@H](C(N)=O)C(=O)N1CC[C@H](F)C1. The minimum atomic E-state index is -4.47. The minimum Gasteiger partial charge on any atom is -0.493 e. The molecule has 2 aliphatic heterocycles. The van der Waals surface area contributed by atoms with E-state index in [0.717, 1.165) is 17.7 Å². The van der Waals surface area contributed by atoms with Crippen molar-refractivity contribution >= 4 is 33.4 Å². The van der Waals surface area contributed by atoms with Crippen molar-refractivity contribution in [3.8, 4) is 5.75 Å². The smallest absolute Gasteiger partial charge is 0.250 e. The Morgan fingerprint density at radius 2 is 2.03 bits per heavy atom. The Hall–Kier alpha value is -2.73. The molecule has 31 heavy (non-hydrogen) atoms. The van der Waals surface area contributed by atoms with Gasteiger partial charge in [0, 0.05) is 19.5 Å². The first-order valence-corrected chi connectivity index (χ1v) is 11.4. The summed E-state index contributed by atoms with van der Waals surface area (Å²) >= 11 is 0. The van der Waals surface area contributed by atoms with Crippen molar-refractivity contribution in [3.05, 3.63) is 18.2 Å². The van der Waals surface area contributed by atoms with Gasteiger partial charge in [-0.05, 0) is 31.4 Å². The van der Waals surface area contributed by atoms with E-state index >= 15 is 0 Å². The Kier molecular flexibility index (Phi) is 6.80. The van der Waals surface area contributed by atoms with Gasteiger partial charge in [-0.3, -0.25) is 14.4 Å². The van der Waals surface area contributed by atoms with Gasteiger partial charge in [0.1, 0.15) is 11.1 Å². The number of benzene rings is 1. The zero-order valence-corrected chi connectivity index (χ0v) is 17.9. The molecule has 10 nitrogen and oxygen atoms in total. The molecule has 170 valence electrons. The zero-order chi connectivity index (χ0) is 22.8. The molecule has 3 N–H and O–H groups in total. The first-order valence-electron chi connectivity index (χ1n) is 9.87. The monoisotopic (exact) mass is 456 g/mol. The van der Waals surface area contributed by atoms with Crippen LogP contribution in [0, 0.1) is 0 Å². The number of hydrogen-bond acceptors (Lipinski definition) is 6. The van der Waals surface area contributed by atoms with E-state index < -0.39 is 34.1 Å². The minimum absolute atomic E-state index is 0.0569. The molecule has 3 rings (SSSR count). The lowest BCUT2D eigenvalue weighted by atomic mass is 10.1. The number of likely N-dealkylation sites (tertiary alicyclic amines) is 1. The summed E-state index contributed by atoms with van der Waals surface area (Å²) in [4.78, 5) is 38.9. The van der Waals surface area contributed by atoms with E-state index in [-0.39, 0.29) is 41.7 Å². The number of nitrogens with zero attached hydrogens (tertiary/aromatic N) is 2. The Labute approximate surface area is 179 Å². The third-order valence-electron chi connectivity index (χ3n) is 5.31. The lowest BCUT2D eigenvalue weighted by molar-refractivity contribution is -0.137. The summed E-state index contributed by atoms with van der Waals surface area (Å²) in [6.45, 7) is 0.232. The molecule has 0 aromatic heterocycles. The number of alkyl halides is 1. The Bertz CT molecular complexity index is 986. The van der Waals surface area contributed by atoms with Crippen LogP contribution in [0.3, 0.4) is 0 Å². The molecule has 0 saturated carbocycles. The Morgan fingerprint density at radius 3 is 2.61 bits per heavy atom. The van der Waals surface area contributed by atoms with Gasteiger partial charge < -0.3 is 20.3 Å². The maximum absolute atomic E-state index is 13.5. The third-order valence-corrected chi connectivity index (χ3v) is 6.76. The van der Waals surface area contributed by atoms with Crippen molar-refractivity contribution in [2.75, 3.05) is 31.6 Å². The second-order valence-electron chi connectivity index (χ2n) is 7.44. The van der Waals surface area contributed by atoms with Crippen LogP contribution >= 0.6 is 0 Å². The van der Waals surface area contributed by atoms with Crippen LogP contribution in [0.2, 0.25) is 0 Å². The van der Waals surface area contributed by atoms with E-state index in [1.807, 2.05) is 4.72 Å². The molecular formula is C19H25FN4O6S. The van der Waals surface area contributed by atoms with Crippen LogP contribution in [-0.4, -0.2) is 70.0 Å². The van der Waals surface area contributed by atoms with E-state index in [2.05, 4.69) is 0 Å². The van der Waals surface area contributed by atoms with Gasteiger partial charge >= 0.3 is 0 Å². The van der Waals surface area contributed by atoms with E-state index in [4.69, 9.17) is 10.5 Å². The fourth-order valence-corrected chi connectivity index (χ4v) is 5.09. The number of amides is 3. The number of halogens is 1. The number of nitrogens with two attached hydrogens (primary N) is 1. The molecular weight excluding hydrogens is 431 g/mol. The number of sulfonamides is 1. The molecule has 2 atom stereocenters. The second-order valence-corrected chi connectivity index (χ2v) is 9.12. The Balaban J connectivity index is 1.93. The van der Waals surface area contributed by atoms with Crippen LogP contribution < -0.4 is 20.1 Å². The quantitative estimate of drug-likeness (QED) is 0.550. The molecule has 12 heteroatoms. The lowest BCUT2D eigenvalue weighted by Gasteiger charge is -2.29. The zero-order valence-electron chi connectivity index (χ0n) is 17.0. The van der Waals surface area contributed by atoms with Crippen LogP contribution in [0.4, 0.5) is 10.1 Å². The molecule has 0 unspecified atom stereocenters. The van der Waals surface area contributed by atoms with Crippen LogP contribution in [0.5, 0.6) is 5.75 Å². The van der Waals surface area contributed by atoms with Gasteiger partial charge in [-0.1, -0.05) is 6.07 Å². The van der Waals surface area contributed by atoms with Crippen molar-refractivity contribution in [2.45, 2.75) is 42.8 Å². The van der Waals surface area contributed by atoms with E-state index in [1.165, 1.54) is 24.1 Å². The first kappa shape index (κ1) is 22.9. The van der Waals surface area contributed by atoms with Crippen molar-refractivity contribution in [2.24, 2.45) is 5.73 Å². The molecule has 0 bridgehead atoms. The number of methoxy groups -OCH3 is 1.